The highest BCUT2D eigenvalue weighted by atomic mass is 16.3. The molecule has 4 heteroatoms. The van der Waals surface area contributed by atoms with Crippen LogP contribution in [0.25, 0.3) is 11.0 Å². The fraction of sp³-hybridized carbons (Fsp3) is 0.235. The predicted molar refractivity (Wildman–Crippen MR) is 85.4 cm³/mol. The van der Waals surface area contributed by atoms with Gasteiger partial charge >= 0.3 is 0 Å². The summed E-state index contributed by atoms with van der Waals surface area (Å²) in [6.45, 7) is 0.143. The summed E-state index contributed by atoms with van der Waals surface area (Å²) < 4.78 is 0. The van der Waals surface area contributed by atoms with Crippen molar-refractivity contribution in [1.82, 2.24) is 9.97 Å². The molecule has 0 aliphatic carbocycles. The van der Waals surface area contributed by atoms with Crippen molar-refractivity contribution in [3.63, 3.8) is 0 Å². The van der Waals surface area contributed by atoms with Gasteiger partial charge in [-0.1, -0.05) is 42.5 Å². The second-order valence-electron chi connectivity index (χ2n) is 5.13. The molecule has 1 aromatic heterocycles. The van der Waals surface area contributed by atoms with Gasteiger partial charge in [-0.05, 0) is 24.1 Å². The molecule has 2 N–H and O–H groups in total. The fourth-order valence-electron chi connectivity index (χ4n) is 2.64. The summed E-state index contributed by atoms with van der Waals surface area (Å²) >= 11 is 0. The van der Waals surface area contributed by atoms with Crippen molar-refractivity contribution in [2.45, 2.75) is 12.5 Å². The highest BCUT2D eigenvalue weighted by Crippen LogP contribution is 2.27. The summed E-state index contributed by atoms with van der Waals surface area (Å²) in [5.41, 5.74) is 3.15. The smallest absolute Gasteiger partial charge is 0.204 e. The van der Waals surface area contributed by atoms with Gasteiger partial charge in [0.1, 0.15) is 0 Å². The van der Waals surface area contributed by atoms with E-state index in [-0.39, 0.29) is 12.6 Å². The van der Waals surface area contributed by atoms with E-state index < -0.39 is 0 Å². The topological polar surface area (TPSA) is 52.2 Å². The molecule has 0 spiro atoms. The molecule has 0 aliphatic heterocycles. The number of rotatable bonds is 5. The van der Waals surface area contributed by atoms with E-state index in [0.717, 1.165) is 17.0 Å². The van der Waals surface area contributed by atoms with Gasteiger partial charge in [0.05, 0.1) is 17.1 Å². The standard InChI is InChI=1S/C17H19N3O/c1-20(16(11-12-21)13-7-3-2-4-8-13)17-18-14-9-5-6-10-15(14)19-17/h2-10,16,21H,11-12H2,1H3,(H,18,19). The molecular formula is C17H19N3O. The number of aliphatic hydroxyl groups is 1. The second kappa shape index (κ2) is 5.97. The Bertz CT molecular complexity index is 675. The Balaban J connectivity index is 1.95. The molecule has 3 rings (SSSR count). The summed E-state index contributed by atoms with van der Waals surface area (Å²) in [6.07, 6.45) is 0.664. The molecule has 0 radical (unpaired) electrons. The number of fused-ring (bicyclic) bond motifs is 1. The van der Waals surface area contributed by atoms with E-state index in [1.807, 2.05) is 49.5 Å². The van der Waals surface area contributed by atoms with Crippen molar-refractivity contribution in [1.29, 1.82) is 0 Å². The molecule has 1 unspecified atom stereocenters. The molecule has 2 aromatic carbocycles. The van der Waals surface area contributed by atoms with Crippen LogP contribution in [-0.2, 0) is 0 Å². The van der Waals surface area contributed by atoms with Crippen LogP contribution in [0, 0.1) is 0 Å². The molecule has 0 bridgehead atoms. The number of nitrogens with one attached hydrogen (secondary N) is 1. The van der Waals surface area contributed by atoms with Gasteiger partial charge in [-0.25, -0.2) is 4.98 Å². The van der Waals surface area contributed by atoms with E-state index in [1.54, 1.807) is 0 Å². The summed E-state index contributed by atoms with van der Waals surface area (Å²) in [7, 11) is 2.00. The first-order chi connectivity index (χ1) is 10.3. The Morgan fingerprint density at radius 2 is 1.81 bits per heavy atom. The molecule has 0 amide bonds. The maximum atomic E-state index is 9.38. The average Bonchev–Trinajstić information content (AvgIpc) is 2.97. The van der Waals surface area contributed by atoms with Crippen molar-refractivity contribution < 1.29 is 5.11 Å². The number of benzene rings is 2. The van der Waals surface area contributed by atoms with E-state index in [2.05, 4.69) is 27.0 Å². The lowest BCUT2D eigenvalue weighted by Crippen LogP contribution is -2.26. The molecule has 1 atom stereocenters. The van der Waals surface area contributed by atoms with Gasteiger partial charge in [0.2, 0.25) is 5.95 Å². The number of imidazole rings is 1. The molecule has 0 aliphatic rings. The van der Waals surface area contributed by atoms with Gasteiger partial charge in [-0.3, -0.25) is 0 Å². The summed E-state index contributed by atoms with van der Waals surface area (Å²) in [4.78, 5) is 10.1. The Labute approximate surface area is 124 Å². The SMILES string of the molecule is CN(c1nc2ccccc2[nH]1)C(CCO)c1ccccc1. The second-order valence-corrected chi connectivity index (χ2v) is 5.13. The minimum Gasteiger partial charge on any atom is -0.396 e. The summed E-state index contributed by atoms with van der Waals surface area (Å²) in [5, 5.41) is 9.38. The van der Waals surface area contributed by atoms with Crippen molar-refractivity contribution in [2.75, 3.05) is 18.6 Å². The van der Waals surface area contributed by atoms with Crippen molar-refractivity contribution in [3.05, 3.63) is 60.2 Å². The number of aromatic amines is 1. The molecule has 21 heavy (non-hydrogen) atoms. The molecule has 0 saturated heterocycles. The molecule has 108 valence electrons. The van der Waals surface area contributed by atoms with Gasteiger partial charge in [0.25, 0.3) is 0 Å². The molecular weight excluding hydrogens is 262 g/mol. The zero-order valence-electron chi connectivity index (χ0n) is 12.0. The van der Waals surface area contributed by atoms with Crippen LogP contribution in [0.3, 0.4) is 0 Å². The first kappa shape index (κ1) is 13.6. The van der Waals surface area contributed by atoms with E-state index in [4.69, 9.17) is 0 Å². The number of anilines is 1. The van der Waals surface area contributed by atoms with Crippen LogP contribution in [0.1, 0.15) is 18.0 Å². The highest BCUT2D eigenvalue weighted by Gasteiger charge is 2.19. The number of hydrogen-bond acceptors (Lipinski definition) is 3. The van der Waals surface area contributed by atoms with Crippen LogP contribution in [0.4, 0.5) is 5.95 Å². The van der Waals surface area contributed by atoms with Crippen LogP contribution in [-0.4, -0.2) is 28.7 Å². The van der Waals surface area contributed by atoms with E-state index in [1.165, 1.54) is 5.56 Å². The van der Waals surface area contributed by atoms with Crippen molar-refractivity contribution in [3.8, 4) is 0 Å². The number of nitrogens with zero attached hydrogens (tertiary/aromatic N) is 2. The number of aliphatic hydroxyl groups excluding tert-OH is 1. The van der Waals surface area contributed by atoms with E-state index in [0.29, 0.717) is 6.42 Å². The minimum absolute atomic E-state index is 0.0942. The quantitative estimate of drug-likeness (QED) is 0.755. The predicted octanol–water partition coefficient (Wildman–Crippen LogP) is 3.12. The Hall–Kier alpha value is -2.33. The zero-order valence-corrected chi connectivity index (χ0v) is 12.0. The highest BCUT2D eigenvalue weighted by molar-refractivity contribution is 5.77. The lowest BCUT2D eigenvalue weighted by molar-refractivity contribution is 0.274. The van der Waals surface area contributed by atoms with E-state index >= 15 is 0 Å². The molecule has 1 heterocycles. The first-order valence-corrected chi connectivity index (χ1v) is 7.13. The first-order valence-electron chi connectivity index (χ1n) is 7.13. The van der Waals surface area contributed by atoms with Gasteiger partial charge in [0.15, 0.2) is 0 Å². The van der Waals surface area contributed by atoms with E-state index in [9.17, 15) is 5.11 Å². The number of H-pyrrole nitrogens is 1. The third-order valence-electron chi connectivity index (χ3n) is 3.77. The molecule has 0 saturated carbocycles. The lowest BCUT2D eigenvalue weighted by atomic mass is 10.0. The van der Waals surface area contributed by atoms with Crippen LogP contribution in [0.5, 0.6) is 0 Å². The summed E-state index contributed by atoms with van der Waals surface area (Å²) in [6, 6.07) is 18.3. The monoisotopic (exact) mass is 281 g/mol. The summed E-state index contributed by atoms with van der Waals surface area (Å²) in [5.74, 6) is 0.818. The normalized spacial score (nSPS) is 12.5. The number of hydrogen-bond donors (Lipinski definition) is 2. The maximum absolute atomic E-state index is 9.38. The lowest BCUT2D eigenvalue weighted by Gasteiger charge is -2.27. The maximum Gasteiger partial charge on any atom is 0.204 e. The van der Waals surface area contributed by atoms with Crippen LogP contribution >= 0.6 is 0 Å². The Morgan fingerprint density at radius 1 is 1.10 bits per heavy atom. The Kier molecular flexibility index (Phi) is 3.88. The molecule has 0 fully saturated rings. The minimum atomic E-state index is 0.0942. The van der Waals surface area contributed by atoms with Gasteiger partial charge in [-0.15, -0.1) is 0 Å². The number of para-hydroxylation sites is 2. The average molecular weight is 281 g/mol. The van der Waals surface area contributed by atoms with Crippen molar-refractivity contribution >= 4 is 17.0 Å². The molecule has 4 nitrogen and oxygen atoms in total. The number of aromatic nitrogens is 2. The Morgan fingerprint density at radius 3 is 2.52 bits per heavy atom. The van der Waals surface area contributed by atoms with Crippen LogP contribution < -0.4 is 4.90 Å². The third kappa shape index (κ3) is 2.76. The van der Waals surface area contributed by atoms with Crippen molar-refractivity contribution in [2.24, 2.45) is 0 Å². The largest absolute Gasteiger partial charge is 0.396 e. The van der Waals surface area contributed by atoms with Gasteiger partial charge < -0.3 is 15.0 Å². The zero-order chi connectivity index (χ0) is 14.7. The van der Waals surface area contributed by atoms with Gasteiger partial charge in [-0.2, -0.15) is 0 Å². The fourth-order valence-corrected chi connectivity index (χ4v) is 2.64. The van der Waals surface area contributed by atoms with Gasteiger partial charge in [0, 0.05) is 13.7 Å². The van der Waals surface area contributed by atoms with Crippen LogP contribution in [0.15, 0.2) is 54.6 Å². The third-order valence-corrected chi connectivity index (χ3v) is 3.77. The molecule has 3 aromatic rings. The van der Waals surface area contributed by atoms with Crippen LogP contribution in [0.2, 0.25) is 0 Å².